The van der Waals surface area contributed by atoms with Gasteiger partial charge in [0.15, 0.2) is 23.0 Å². The fourth-order valence-electron chi connectivity index (χ4n) is 4.64. The zero-order valence-electron chi connectivity index (χ0n) is 23.3. The van der Waals surface area contributed by atoms with Crippen molar-refractivity contribution in [2.45, 2.75) is 56.5 Å². The number of ketones is 1. The number of hydrogen-bond acceptors (Lipinski definition) is 8. The van der Waals surface area contributed by atoms with Crippen molar-refractivity contribution in [3.63, 3.8) is 0 Å². The van der Waals surface area contributed by atoms with Crippen LogP contribution in [0.3, 0.4) is 0 Å². The molecule has 0 fully saturated rings. The quantitative estimate of drug-likeness (QED) is 0.221. The Balaban J connectivity index is 1.72. The summed E-state index contributed by atoms with van der Waals surface area (Å²) in [6.45, 7) is 3.29. The van der Waals surface area contributed by atoms with Crippen molar-refractivity contribution < 1.29 is 46.8 Å². The number of benzene rings is 2. The molecule has 0 aliphatic carbocycles. The number of halogens is 4. The van der Waals surface area contributed by atoms with E-state index >= 15 is 0 Å². The molecule has 0 amide bonds. The van der Waals surface area contributed by atoms with Gasteiger partial charge in [0.25, 0.3) is 0 Å². The minimum Gasteiger partial charge on any atom is -0.493 e. The highest BCUT2D eigenvalue weighted by Crippen LogP contribution is 2.47. The molecule has 4 N–H and O–H groups in total. The summed E-state index contributed by atoms with van der Waals surface area (Å²) in [6.07, 6.45) is -7.46. The first kappa shape index (κ1) is 31.2. The summed E-state index contributed by atoms with van der Waals surface area (Å²) in [5.41, 5.74) is 1.48. The summed E-state index contributed by atoms with van der Waals surface area (Å²) in [4.78, 5) is 17.2. The van der Waals surface area contributed by atoms with Gasteiger partial charge >= 0.3 is 6.18 Å². The molecule has 3 atom stereocenters. The summed E-state index contributed by atoms with van der Waals surface area (Å²) in [7, 11) is 1.33. The number of nitrogens with two attached hydrogens (primary N) is 1. The Hall–Kier alpha value is -3.74. The Kier molecular flexibility index (Phi) is 8.81. The van der Waals surface area contributed by atoms with Crippen molar-refractivity contribution >= 4 is 5.78 Å². The molecule has 12 heteroatoms. The lowest BCUT2D eigenvalue weighted by Crippen LogP contribution is -2.45. The van der Waals surface area contributed by atoms with E-state index in [9.17, 15) is 32.6 Å². The van der Waals surface area contributed by atoms with Gasteiger partial charge in [-0.25, -0.2) is 9.37 Å². The van der Waals surface area contributed by atoms with E-state index in [4.69, 9.17) is 19.9 Å². The monoisotopic (exact) mass is 592 g/mol. The molecular weight excluding hydrogens is 560 g/mol. The minimum absolute atomic E-state index is 0.0362. The topological polar surface area (TPSA) is 124 Å². The van der Waals surface area contributed by atoms with Gasteiger partial charge in [-0.3, -0.25) is 4.79 Å². The van der Waals surface area contributed by atoms with Gasteiger partial charge in [-0.05, 0) is 68.8 Å². The molecule has 0 bridgehead atoms. The van der Waals surface area contributed by atoms with E-state index in [0.717, 1.165) is 18.2 Å². The smallest absolute Gasteiger partial charge is 0.422 e. The van der Waals surface area contributed by atoms with Crippen LogP contribution in [-0.4, -0.2) is 53.6 Å². The fourth-order valence-corrected chi connectivity index (χ4v) is 4.64. The third-order valence-electron chi connectivity index (χ3n) is 7.15. The van der Waals surface area contributed by atoms with Gasteiger partial charge < -0.3 is 30.2 Å². The van der Waals surface area contributed by atoms with Gasteiger partial charge in [0, 0.05) is 35.1 Å². The molecule has 0 radical (unpaired) electrons. The summed E-state index contributed by atoms with van der Waals surface area (Å²) in [6, 6.07) is 10.1. The van der Waals surface area contributed by atoms with Crippen LogP contribution in [0, 0.1) is 5.82 Å². The van der Waals surface area contributed by atoms with Crippen LogP contribution in [0.5, 0.6) is 17.2 Å². The maximum atomic E-state index is 14.6. The number of carbonyl (C=O) groups excluding carboxylic acids is 1. The Bertz CT molecular complexity index is 1440. The Morgan fingerprint density at radius 2 is 1.86 bits per heavy atom. The number of hydrogen-bond donors (Lipinski definition) is 3. The van der Waals surface area contributed by atoms with Gasteiger partial charge in [-0.15, -0.1) is 0 Å². The van der Waals surface area contributed by atoms with Crippen molar-refractivity contribution in [2.75, 3.05) is 20.3 Å². The second-order valence-corrected chi connectivity index (χ2v) is 10.6. The molecule has 8 nitrogen and oxygen atoms in total. The van der Waals surface area contributed by atoms with Gasteiger partial charge in [-0.1, -0.05) is 0 Å². The summed E-state index contributed by atoms with van der Waals surface area (Å²) in [5, 5.41) is 20.7. The van der Waals surface area contributed by atoms with Gasteiger partial charge in [0.2, 0.25) is 5.60 Å². The zero-order valence-corrected chi connectivity index (χ0v) is 23.3. The van der Waals surface area contributed by atoms with E-state index in [-0.39, 0.29) is 59.3 Å². The average Bonchev–Trinajstić information content (AvgIpc) is 2.93. The molecule has 4 rings (SSSR count). The lowest BCUT2D eigenvalue weighted by Gasteiger charge is -2.36. The number of Topliss-reactive ketones (excluding diaryl/α,β-unsaturated/α-hetero) is 1. The highest BCUT2D eigenvalue weighted by molar-refractivity contribution is 5.96. The molecule has 0 spiro atoms. The molecule has 1 aromatic heterocycles. The Morgan fingerprint density at radius 1 is 1.17 bits per heavy atom. The van der Waals surface area contributed by atoms with Crippen LogP contribution in [0.15, 0.2) is 48.5 Å². The van der Waals surface area contributed by atoms with E-state index in [0.29, 0.717) is 0 Å². The molecule has 0 saturated heterocycles. The Morgan fingerprint density at radius 3 is 2.48 bits per heavy atom. The van der Waals surface area contributed by atoms with Crippen LogP contribution < -0.4 is 19.9 Å². The molecule has 3 aromatic rings. The summed E-state index contributed by atoms with van der Waals surface area (Å²) < 4.78 is 73.9. The first-order chi connectivity index (χ1) is 19.7. The number of pyridine rings is 1. The fraction of sp³-hybridized carbons (Fsp3) is 0.400. The van der Waals surface area contributed by atoms with Gasteiger partial charge in [0.05, 0.1) is 25.5 Å². The molecule has 2 aromatic carbocycles. The maximum absolute atomic E-state index is 14.6. The number of nitrogens with zero attached hydrogens (tertiary/aromatic N) is 1. The third-order valence-corrected chi connectivity index (χ3v) is 7.15. The number of alkyl halides is 3. The first-order valence-electron chi connectivity index (χ1n) is 13.2. The van der Waals surface area contributed by atoms with Crippen LogP contribution in [0.4, 0.5) is 17.6 Å². The van der Waals surface area contributed by atoms with Crippen LogP contribution in [0.2, 0.25) is 0 Å². The highest BCUT2D eigenvalue weighted by Gasteiger charge is 2.56. The largest absolute Gasteiger partial charge is 0.493 e. The lowest BCUT2D eigenvalue weighted by atomic mass is 9.83. The number of ether oxygens (including phenoxy) is 3. The van der Waals surface area contributed by atoms with E-state index in [1.807, 2.05) is 0 Å². The van der Waals surface area contributed by atoms with E-state index < -0.39 is 53.6 Å². The molecule has 42 heavy (non-hydrogen) atoms. The van der Waals surface area contributed by atoms with Crippen LogP contribution in [-0.2, 0) is 11.1 Å². The van der Waals surface area contributed by atoms with Crippen LogP contribution in [0.1, 0.15) is 54.7 Å². The Labute approximate surface area is 240 Å². The number of aliphatic hydroxyl groups excluding tert-OH is 1. The number of rotatable bonds is 10. The molecule has 1 aliphatic heterocycles. The summed E-state index contributed by atoms with van der Waals surface area (Å²) in [5.74, 6) is -0.720. The zero-order chi connectivity index (χ0) is 30.9. The first-order valence-corrected chi connectivity index (χ1v) is 13.2. The van der Waals surface area contributed by atoms with Crippen molar-refractivity contribution in [1.29, 1.82) is 0 Å². The maximum Gasteiger partial charge on any atom is 0.422 e. The van der Waals surface area contributed by atoms with Crippen molar-refractivity contribution in [2.24, 2.45) is 5.73 Å². The molecular formula is C30H32F4N2O6. The molecule has 226 valence electrons. The van der Waals surface area contributed by atoms with E-state index in [1.165, 1.54) is 44.4 Å². The van der Waals surface area contributed by atoms with E-state index in [1.54, 1.807) is 6.92 Å². The average molecular weight is 593 g/mol. The SMILES string of the molecule is COc1cc(C(=O)CCC(O)(c2cc3c(c(-c4ccc(F)cc4)n2)OCCC3(C)N)C(F)(F)F)ccc1OC[C@@H](C)O. The number of aromatic nitrogens is 1. The number of carbonyl (C=O) groups is 1. The molecule has 1 aliphatic rings. The van der Waals surface area contributed by atoms with Gasteiger partial charge in [0.1, 0.15) is 18.1 Å². The third kappa shape index (κ3) is 6.35. The van der Waals surface area contributed by atoms with Gasteiger partial charge in [-0.2, -0.15) is 13.2 Å². The normalized spacial score (nSPS) is 18.8. The van der Waals surface area contributed by atoms with Crippen LogP contribution in [0.25, 0.3) is 11.3 Å². The molecule has 2 unspecified atom stereocenters. The number of fused-ring (bicyclic) bond motifs is 1. The minimum atomic E-state index is -5.23. The predicted octanol–water partition coefficient (Wildman–Crippen LogP) is 5.03. The lowest BCUT2D eigenvalue weighted by molar-refractivity contribution is -0.270. The van der Waals surface area contributed by atoms with E-state index in [2.05, 4.69) is 4.98 Å². The van der Waals surface area contributed by atoms with Crippen molar-refractivity contribution in [3.05, 3.63) is 71.2 Å². The molecule has 2 heterocycles. The standard InChI is InChI=1S/C30H32F4N2O6/c1-17(37)16-42-23-9-6-19(14-24(23)40-3)22(38)10-11-29(39,30(32,33)34)25-15-21-27(41-13-12-28(21,2)35)26(36-25)18-4-7-20(31)8-5-18/h4-9,14-15,17,37,39H,10-13,16,35H2,1-3H3/t17-,28?,29?/m1/s1. The molecule has 0 saturated carbocycles. The van der Waals surface area contributed by atoms with Crippen molar-refractivity contribution in [3.8, 4) is 28.5 Å². The van der Waals surface area contributed by atoms with Crippen LogP contribution >= 0.6 is 0 Å². The second kappa shape index (κ2) is 11.9. The highest BCUT2D eigenvalue weighted by atomic mass is 19.4. The predicted molar refractivity (Wildman–Crippen MR) is 145 cm³/mol. The number of aliphatic hydroxyl groups is 2. The second-order valence-electron chi connectivity index (χ2n) is 10.6. The summed E-state index contributed by atoms with van der Waals surface area (Å²) >= 11 is 0. The van der Waals surface area contributed by atoms with Crippen molar-refractivity contribution in [1.82, 2.24) is 4.98 Å². The number of methoxy groups -OCH3 is 1.